The molecule has 1 N–H and O–H groups in total. The van der Waals surface area contributed by atoms with Crippen molar-refractivity contribution >= 4 is 16.8 Å². The number of hydrogen-bond acceptors (Lipinski definition) is 3. The second kappa shape index (κ2) is 6.15. The van der Waals surface area contributed by atoms with Gasteiger partial charge in [0.1, 0.15) is 11.4 Å². The summed E-state index contributed by atoms with van der Waals surface area (Å²) in [6.07, 6.45) is 4.57. The van der Waals surface area contributed by atoms with Gasteiger partial charge in [-0.2, -0.15) is 5.10 Å². The molecular weight excluding hydrogens is 340 g/mol. The molecule has 1 aromatic carbocycles. The molecule has 6 heteroatoms. The first-order chi connectivity index (χ1) is 13.2. The highest BCUT2D eigenvalue weighted by Crippen LogP contribution is 2.39. The van der Waals surface area contributed by atoms with Crippen LogP contribution in [0.25, 0.3) is 10.9 Å². The van der Waals surface area contributed by atoms with Gasteiger partial charge in [-0.3, -0.25) is 9.89 Å². The largest absolute Gasteiger partial charge is 0.497 e. The Balaban J connectivity index is 1.45. The number of aromatic nitrogens is 3. The van der Waals surface area contributed by atoms with Gasteiger partial charge in [-0.1, -0.05) is 6.42 Å². The van der Waals surface area contributed by atoms with Gasteiger partial charge in [0, 0.05) is 55.2 Å². The van der Waals surface area contributed by atoms with E-state index in [-0.39, 0.29) is 5.91 Å². The summed E-state index contributed by atoms with van der Waals surface area (Å²) in [6, 6.07) is 7.89. The van der Waals surface area contributed by atoms with Crippen LogP contribution in [0.2, 0.25) is 0 Å². The van der Waals surface area contributed by atoms with E-state index in [0.717, 1.165) is 35.3 Å². The minimum absolute atomic E-state index is 0.0825. The lowest BCUT2D eigenvalue weighted by atomic mass is 9.81. The second-order valence-electron chi connectivity index (χ2n) is 7.68. The molecule has 0 unspecified atom stereocenters. The van der Waals surface area contributed by atoms with Crippen LogP contribution in [0.3, 0.4) is 0 Å². The van der Waals surface area contributed by atoms with Gasteiger partial charge in [-0.15, -0.1) is 0 Å². The molecule has 1 aliphatic carbocycles. The SMILES string of the molecule is COc1ccc2cc(C(=O)N3CCc4[nH]nc(C5CCC5)c4C3)n(C)c2c1. The molecule has 5 rings (SSSR count). The number of benzene rings is 1. The third-order valence-corrected chi connectivity index (χ3v) is 6.22. The standard InChI is InChI=1S/C21H24N4O2/c1-24-18-11-15(27-2)7-6-14(18)10-19(24)21(26)25-9-8-17-16(12-25)20(23-22-17)13-4-3-5-13/h6-7,10-11,13H,3-5,8-9,12H2,1-2H3,(H,22,23). The molecule has 1 aliphatic heterocycles. The molecule has 27 heavy (non-hydrogen) atoms. The first-order valence-electron chi connectivity index (χ1n) is 9.64. The Morgan fingerprint density at radius 1 is 1.30 bits per heavy atom. The van der Waals surface area contributed by atoms with E-state index in [1.54, 1.807) is 7.11 Å². The third-order valence-electron chi connectivity index (χ3n) is 6.22. The molecule has 1 saturated carbocycles. The van der Waals surface area contributed by atoms with Crippen molar-refractivity contribution in [1.29, 1.82) is 0 Å². The number of carbonyl (C=O) groups excluding carboxylic acids is 1. The van der Waals surface area contributed by atoms with E-state index >= 15 is 0 Å². The second-order valence-corrected chi connectivity index (χ2v) is 7.68. The summed E-state index contributed by atoms with van der Waals surface area (Å²) in [5.74, 6) is 1.46. The van der Waals surface area contributed by atoms with Gasteiger partial charge in [-0.05, 0) is 31.0 Å². The lowest BCUT2D eigenvalue weighted by Gasteiger charge is -2.30. The number of aryl methyl sites for hydroxylation is 1. The Kier molecular flexibility index (Phi) is 3.74. The molecule has 2 aromatic heterocycles. The van der Waals surface area contributed by atoms with Crippen LogP contribution < -0.4 is 4.74 Å². The zero-order valence-corrected chi connectivity index (χ0v) is 15.8. The van der Waals surface area contributed by atoms with Crippen molar-refractivity contribution in [2.45, 2.75) is 38.1 Å². The van der Waals surface area contributed by atoms with Crippen molar-refractivity contribution in [2.75, 3.05) is 13.7 Å². The summed E-state index contributed by atoms with van der Waals surface area (Å²) in [4.78, 5) is 15.2. The number of rotatable bonds is 3. The fourth-order valence-electron chi connectivity index (χ4n) is 4.31. The molecule has 6 nitrogen and oxygen atoms in total. The predicted octanol–water partition coefficient (Wildman–Crippen LogP) is 3.38. The number of aromatic amines is 1. The van der Waals surface area contributed by atoms with Crippen molar-refractivity contribution in [2.24, 2.45) is 7.05 Å². The minimum atomic E-state index is 0.0825. The van der Waals surface area contributed by atoms with Gasteiger partial charge in [0.25, 0.3) is 5.91 Å². The molecule has 2 aliphatic rings. The van der Waals surface area contributed by atoms with E-state index in [2.05, 4.69) is 10.2 Å². The highest BCUT2D eigenvalue weighted by Gasteiger charge is 2.31. The van der Waals surface area contributed by atoms with Crippen LogP contribution in [0.1, 0.15) is 52.6 Å². The van der Waals surface area contributed by atoms with Crippen molar-refractivity contribution < 1.29 is 9.53 Å². The van der Waals surface area contributed by atoms with Crippen molar-refractivity contribution in [3.05, 3.63) is 46.9 Å². The number of fused-ring (bicyclic) bond motifs is 2. The smallest absolute Gasteiger partial charge is 0.270 e. The molecule has 140 valence electrons. The molecule has 0 spiro atoms. The van der Waals surface area contributed by atoms with Crippen LogP contribution >= 0.6 is 0 Å². The van der Waals surface area contributed by atoms with E-state index < -0.39 is 0 Å². The van der Waals surface area contributed by atoms with Crippen molar-refractivity contribution in [3.8, 4) is 5.75 Å². The molecule has 1 amide bonds. The highest BCUT2D eigenvalue weighted by molar-refractivity contribution is 5.99. The van der Waals surface area contributed by atoms with Gasteiger partial charge in [0.05, 0.1) is 18.3 Å². The fourth-order valence-corrected chi connectivity index (χ4v) is 4.31. The maximum atomic E-state index is 13.3. The first-order valence-corrected chi connectivity index (χ1v) is 9.64. The van der Waals surface area contributed by atoms with E-state index in [1.807, 2.05) is 40.8 Å². The highest BCUT2D eigenvalue weighted by atomic mass is 16.5. The van der Waals surface area contributed by atoms with E-state index in [0.29, 0.717) is 12.5 Å². The molecule has 0 saturated heterocycles. The van der Waals surface area contributed by atoms with Crippen LogP contribution in [-0.4, -0.2) is 39.2 Å². The molecule has 0 bridgehead atoms. The number of carbonyl (C=O) groups is 1. The summed E-state index contributed by atoms with van der Waals surface area (Å²) in [6.45, 7) is 1.38. The molecular formula is C21H24N4O2. The Hall–Kier alpha value is -2.76. The number of nitrogens with zero attached hydrogens (tertiary/aromatic N) is 3. The van der Waals surface area contributed by atoms with Crippen LogP contribution in [0, 0.1) is 0 Å². The lowest BCUT2D eigenvalue weighted by Crippen LogP contribution is -2.37. The monoisotopic (exact) mass is 364 g/mol. The Labute approximate surface area is 158 Å². The number of amides is 1. The Morgan fingerprint density at radius 2 is 2.15 bits per heavy atom. The summed E-state index contributed by atoms with van der Waals surface area (Å²) in [7, 11) is 3.61. The van der Waals surface area contributed by atoms with Gasteiger partial charge in [-0.25, -0.2) is 0 Å². The lowest BCUT2D eigenvalue weighted by molar-refractivity contribution is 0.0724. The maximum Gasteiger partial charge on any atom is 0.270 e. The number of nitrogens with one attached hydrogen (secondary N) is 1. The fraction of sp³-hybridized carbons (Fsp3) is 0.429. The first kappa shape index (κ1) is 16.4. The van der Waals surface area contributed by atoms with E-state index in [1.165, 1.54) is 36.2 Å². The third kappa shape index (κ3) is 2.54. The Morgan fingerprint density at radius 3 is 2.89 bits per heavy atom. The maximum absolute atomic E-state index is 13.3. The average Bonchev–Trinajstić information content (AvgIpc) is 3.21. The van der Waals surface area contributed by atoms with Crippen LogP contribution in [0.15, 0.2) is 24.3 Å². The molecule has 0 radical (unpaired) electrons. The number of ether oxygens (including phenoxy) is 1. The predicted molar refractivity (Wildman–Crippen MR) is 103 cm³/mol. The van der Waals surface area contributed by atoms with Crippen LogP contribution in [0.5, 0.6) is 5.75 Å². The normalized spacial score (nSPS) is 17.0. The number of methoxy groups -OCH3 is 1. The summed E-state index contributed by atoms with van der Waals surface area (Å²) < 4.78 is 7.30. The van der Waals surface area contributed by atoms with Gasteiger partial charge in [0.2, 0.25) is 0 Å². The summed E-state index contributed by atoms with van der Waals surface area (Å²) >= 11 is 0. The quantitative estimate of drug-likeness (QED) is 0.775. The zero-order chi connectivity index (χ0) is 18.5. The molecule has 1 fully saturated rings. The van der Waals surface area contributed by atoms with Gasteiger partial charge >= 0.3 is 0 Å². The number of hydrogen-bond donors (Lipinski definition) is 1. The molecule has 3 heterocycles. The van der Waals surface area contributed by atoms with Gasteiger partial charge < -0.3 is 14.2 Å². The summed E-state index contributed by atoms with van der Waals surface area (Å²) in [5.41, 5.74) is 5.38. The molecule has 3 aromatic rings. The zero-order valence-electron chi connectivity index (χ0n) is 15.8. The average molecular weight is 364 g/mol. The van der Waals surface area contributed by atoms with Crippen molar-refractivity contribution in [1.82, 2.24) is 19.7 Å². The van der Waals surface area contributed by atoms with E-state index in [9.17, 15) is 4.79 Å². The minimum Gasteiger partial charge on any atom is -0.497 e. The van der Waals surface area contributed by atoms with Crippen molar-refractivity contribution in [3.63, 3.8) is 0 Å². The summed E-state index contributed by atoms with van der Waals surface area (Å²) in [5, 5.41) is 8.84. The van der Waals surface area contributed by atoms with E-state index in [4.69, 9.17) is 4.74 Å². The van der Waals surface area contributed by atoms with Crippen LogP contribution in [0.4, 0.5) is 0 Å². The Bertz CT molecular complexity index is 1030. The molecule has 0 atom stereocenters. The van der Waals surface area contributed by atoms with Crippen LogP contribution in [-0.2, 0) is 20.0 Å². The number of H-pyrrole nitrogens is 1. The van der Waals surface area contributed by atoms with Gasteiger partial charge in [0.15, 0.2) is 0 Å². The topological polar surface area (TPSA) is 63.1 Å².